The van der Waals surface area contributed by atoms with Gasteiger partial charge in [0, 0.05) is 23.8 Å². The molecule has 0 spiro atoms. The molecule has 4 atom stereocenters. The maximum atomic E-state index is 12.8. The third-order valence-corrected chi connectivity index (χ3v) is 6.34. The zero-order valence-corrected chi connectivity index (χ0v) is 16.7. The number of piperidine rings is 3. The van der Waals surface area contributed by atoms with Crippen LogP contribution >= 0.6 is 0 Å². The van der Waals surface area contributed by atoms with E-state index in [0.29, 0.717) is 12.0 Å². The summed E-state index contributed by atoms with van der Waals surface area (Å²) < 4.78 is 1.88. The van der Waals surface area contributed by atoms with Gasteiger partial charge in [0.05, 0.1) is 18.7 Å². The number of phenols is 1. The molecule has 2 N–H and O–H groups in total. The van der Waals surface area contributed by atoms with Crippen LogP contribution in [0.25, 0.3) is 11.3 Å². The first-order valence-corrected chi connectivity index (χ1v) is 10.5. The van der Waals surface area contributed by atoms with E-state index >= 15 is 0 Å². The highest BCUT2D eigenvalue weighted by molar-refractivity contribution is 5.93. The lowest BCUT2D eigenvalue weighted by Gasteiger charge is -2.49. The summed E-state index contributed by atoms with van der Waals surface area (Å²) in [5.74, 6) is 0.783. The summed E-state index contributed by atoms with van der Waals surface area (Å²) in [6.07, 6.45) is 3.99. The summed E-state index contributed by atoms with van der Waals surface area (Å²) >= 11 is 0. The smallest absolute Gasteiger partial charge is 0.229 e. The van der Waals surface area contributed by atoms with E-state index in [1.807, 2.05) is 47.3 Å². The quantitative estimate of drug-likeness (QED) is 0.684. The van der Waals surface area contributed by atoms with E-state index in [1.54, 1.807) is 18.2 Å². The molecule has 1 amide bonds. The molecule has 1 unspecified atom stereocenters. The number of amides is 1. The van der Waals surface area contributed by atoms with Gasteiger partial charge < -0.3 is 10.4 Å². The van der Waals surface area contributed by atoms with Crippen molar-refractivity contribution in [3.63, 3.8) is 0 Å². The number of hydrogen-bond donors (Lipinski definition) is 2. The second kappa shape index (κ2) is 7.91. The lowest BCUT2D eigenvalue weighted by atomic mass is 9.75. The molecular formula is C23H25N5O2. The molecule has 1 aromatic heterocycles. The summed E-state index contributed by atoms with van der Waals surface area (Å²) in [4.78, 5) is 15.2. The Balaban J connectivity index is 1.23. The topological polar surface area (TPSA) is 83.3 Å². The second-order valence-electron chi connectivity index (χ2n) is 8.27. The number of rotatable bonds is 5. The minimum Gasteiger partial charge on any atom is -0.508 e. The Bertz CT molecular complexity index is 1030. The number of carbonyl (C=O) groups excluding carboxylic acids is 1. The number of aromatic nitrogens is 3. The molecule has 0 radical (unpaired) electrons. The van der Waals surface area contributed by atoms with Gasteiger partial charge in [0.2, 0.25) is 5.91 Å². The molecule has 0 saturated carbocycles. The number of nitrogens with one attached hydrogen (secondary N) is 1. The third-order valence-electron chi connectivity index (χ3n) is 6.34. The van der Waals surface area contributed by atoms with Gasteiger partial charge in [-0.2, -0.15) is 0 Å². The highest BCUT2D eigenvalue weighted by Crippen LogP contribution is 2.37. The first-order valence-electron chi connectivity index (χ1n) is 10.5. The van der Waals surface area contributed by atoms with Crippen LogP contribution in [0.4, 0.5) is 5.69 Å². The molecule has 3 saturated heterocycles. The van der Waals surface area contributed by atoms with Crippen molar-refractivity contribution in [1.82, 2.24) is 19.9 Å². The zero-order valence-electron chi connectivity index (χ0n) is 16.7. The molecule has 3 aliphatic heterocycles. The Labute approximate surface area is 175 Å². The van der Waals surface area contributed by atoms with E-state index < -0.39 is 0 Å². The SMILES string of the molecule is O=C(Nc1ccccc1)[C@H]1CN2CC[C@H]1C[C@@H]2Cn1cc(-c2cccc(O)c2)nn1. The average molecular weight is 403 g/mol. The summed E-state index contributed by atoms with van der Waals surface area (Å²) in [5, 5.41) is 21.3. The molecule has 7 nitrogen and oxygen atoms in total. The molecule has 3 aromatic rings. The minimum atomic E-state index is 0.0359. The Morgan fingerprint density at radius 1 is 1.17 bits per heavy atom. The molecule has 6 rings (SSSR count). The maximum Gasteiger partial charge on any atom is 0.229 e. The number of para-hydroxylation sites is 1. The molecule has 2 bridgehead atoms. The van der Waals surface area contributed by atoms with E-state index in [4.69, 9.17) is 0 Å². The van der Waals surface area contributed by atoms with Crippen LogP contribution in [0.15, 0.2) is 60.8 Å². The predicted octanol–water partition coefficient (Wildman–Crippen LogP) is 3.00. The highest BCUT2D eigenvalue weighted by Gasteiger charge is 2.43. The van der Waals surface area contributed by atoms with Gasteiger partial charge in [0.25, 0.3) is 0 Å². The van der Waals surface area contributed by atoms with Crippen molar-refractivity contribution in [2.24, 2.45) is 11.8 Å². The summed E-state index contributed by atoms with van der Waals surface area (Å²) in [5.41, 5.74) is 2.46. The maximum absolute atomic E-state index is 12.8. The van der Waals surface area contributed by atoms with Crippen molar-refractivity contribution in [3.05, 3.63) is 60.8 Å². The molecule has 154 valence electrons. The van der Waals surface area contributed by atoms with E-state index in [-0.39, 0.29) is 17.6 Å². The zero-order chi connectivity index (χ0) is 20.5. The van der Waals surface area contributed by atoms with Crippen LogP contribution in [0.5, 0.6) is 5.75 Å². The fourth-order valence-corrected chi connectivity index (χ4v) is 4.78. The van der Waals surface area contributed by atoms with E-state index in [1.165, 1.54) is 0 Å². The van der Waals surface area contributed by atoms with E-state index in [2.05, 4.69) is 20.5 Å². The van der Waals surface area contributed by atoms with Gasteiger partial charge in [0.15, 0.2) is 0 Å². The fraction of sp³-hybridized carbons (Fsp3) is 0.348. The molecule has 3 fully saturated rings. The number of phenolic OH excluding ortho intramolecular Hbond substituents is 1. The Kier molecular flexibility index (Phi) is 4.96. The molecule has 7 heteroatoms. The number of hydrogen-bond acceptors (Lipinski definition) is 5. The predicted molar refractivity (Wildman–Crippen MR) is 114 cm³/mol. The highest BCUT2D eigenvalue weighted by atomic mass is 16.3. The first-order chi connectivity index (χ1) is 14.7. The Hall–Kier alpha value is -3.19. The monoisotopic (exact) mass is 403 g/mol. The van der Waals surface area contributed by atoms with Gasteiger partial charge in [-0.15, -0.1) is 5.10 Å². The van der Waals surface area contributed by atoms with Gasteiger partial charge in [0.1, 0.15) is 11.4 Å². The summed E-state index contributed by atoms with van der Waals surface area (Å²) in [7, 11) is 0. The molecule has 4 heterocycles. The van der Waals surface area contributed by atoms with Gasteiger partial charge in [-0.1, -0.05) is 35.5 Å². The Morgan fingerprint density at radius 2 is 2.03 bits per heavy atom. The second-order valence-corrected chi connectivity index (χ2v) is 8.27. The third kappa shape index (κ3) is 3.80. The molecular weight excluding hydrogens is 378 g/mol. The number of benzene rings is 2. The number of anilines is 1. The summed E-state index contributed by atoms with van der Waals surface area (Å²) in [6.45, 7) is 2.58. The number of aromatic hydroxyl groups is 1. The van der Waals surface area contributed by atoms with Gasteiger partial charge in [-0.05, 0) is 49.6 Å². The van der Waals surface area contributed by atoms with Crippen LogP contribution in [-0.2, 0) is 11.3 Å². The standard InChI is InChI=1S/C23H25N5O2/c29-20-8-4-5-17(12-20)22-15-28(26-25-22)13-19-11-16-9-10-27(19)14-21(16)23(30)24-18-6-2-1-3-7-18/h1-8,12,15-16,19,21,29H,9-11,13-14H2,(H,24,30)/t16-,19+,21-/m0/s1. The van der Waals surface area contributed by atoms with E-state index in [0.717, 1.165) is 49.4 Å². The number of fused-ring (bicyclic) bond motifs is 3. The van der Waals surface area contributed by atoms with Crippen LogP contribution in [0.1, 0.15) is 12.8 Å². The van der Waals surface area contributed by atoms with Crippen LogP contribution in [-0.4, -0.2) is 50.0 Å². The minimum absolute atomic E-state index is 0.0359. The van der Waals surface area contributed by atoms with Crippen LogP contribution in [0, 0.1) is 11.8 Å². The van der Waals surface area contributed by atoms with Gasteiger partial charge in [-0.25, -0.2) is 0 Å². The first kappa shape index (κ1) is 18.8. The molecule has 3 aliphatic rings. The lowest BCUT2D eigenvalue weighted by Crippen LogP contribution is -2.57. The normalized spacial score (nSPS) is 25.2. The summed E-state index contributed by atoms with van der Waals surface area (Å²) in [6, 6.07) is 17.1. The van der Waals surface area contributed by atoms with Gasteiger partial charge in [-0.3, -0.25) is 14.4 Å². The van der Waals surface area contributed by atoms with Crippen molar-refractivity contribution in [2.75, 3.05) is 18.4 Å². The van der Waals surface area contributed by atoms with Crippen LogP contribution < -0.4 is 5.32 Å². The van der Waals surface area contributed by atoms with Crippen molar-refractivity contribution >= 4 is 11.6 Å². The molecule has 0 aliphatic carbocycles. The van der Waals surface area contributed by atoms with Gasteiger partial charge >= 0.3 is 0 Å². The largest absolute Gasteiger partial charge is 0.508 e. The van der Waals surface area contributed by atoms with Crippen molar-refractivity contribution in [1.29, 1.82) is 0 Å². The van der Waals surface area contributed by atoms with Crippen molar-refractivity contribution in [2.45, 2.75) is 25.4 Å². The van der Waals surface area contributed by atoms with Crippen molar-refractivity contribution < 1.29 is 9.90 Å². The van der Waals surface area contributed by atoms with Crippen LogP contribution in [0.2, 0.25) is 0 Å². The van der Waals surface area contributed by atoms with E-state index in [9.17, 15) is 9.90 Å². The fourth-order valence-electron chi connectivity index (χ4n) is 4.78. The molecule has 2 aromatic carbocycles. The number of nitrogens with zero attached hydrogens (tertiary/aromatic N) is 4. The van der Waals surface area contributed by atoms with Crippen LogP contribution in [0.3, 0.4) is 0 Å². The Morgan fingerprint density at radius 3 is 2.80 bits per heavy atom. The number of carbonyl (C=O) groups is 1. The van der Waals surface area contributed by atoms with Crippen molar-refractivity contribution in [3.8, 4) is 17.0 Å². The lowest BCUT2D eigenvalue weighted by molar-refractivity contribution is -0.127. The molecule has 30 heavy (non-hydrogen) atoms. The average Bonchev–Trinajstić information content (AvgIpc) is 3.23.